The molecule has 2 rings (SSSR count). The predicted molar refractivity (Wildman–Crippen MR) is 100 cm³/mol. The maximum atomic E-state index is 12.5. The van der Waals surface area contributed by atoms with Crippen molar-refractivity contribution in [3.63, 3.8) is 0 Å². The fourth-order valence-electron chi connectivity index (χ4n) is 2.66. The minimum atomic E-state index is -0.102. The van der Waals surface area contributed by atoms with Gasteiger partial charge in [-0.1, -0.05) is 29.8 Å². The molecule has 0 radical (unpaired) electrons. The van der Waals surface area contributed by atoms with Crippen molar-refractivity contribution >= 4 is 28.9 Å². The number of methoxy groups -OCH3 is 1. The Morgan fingerprint density at radius 3 is 2.54 bits per heavy atom. The number of carbonyl (C=O) groups excluding carboxylic acids is 1. The van der Waals surface area contributed by atoms with Gasteiger partial charge >= 0.3 is 0 Å². The van der Waals surface area contributed by atoms with Crippen molar-refractivity contribution in [2.45, 2.75) is 20.3 Å². The molecule has 0 saturated heterocycles. The number of anilines is 2. The van der Waals surface area contributed by atoms with E-state index >= 15 is 0 Å². The molecule has 0 aliphatic carbocycles. The van der Waals surface area contributed by atoms with Gasteiger partial charge in [0.1, 0.15) is 5.75 Å². The van der Waals surface area contributed by atoms with E-state index in [0.29, 0.717) is 10.8 Å². The molecule has 5 heteroatoms. The second kappa shape index (κ2) is 8.60. The topological polar surface area (TPSA) is 41.6 Å². The quantitative estimate of drug-likeness (QED) is 0.809. The standard InChI is InChI=1S/C19H23ClN2O2/c1-4-22(5-2)17-11-10-15(20)13-16(17)21-19(23)12-14-8-6-7-9-18(14)24-3/h6-11,13H,4-5,12H2,1-3H3,(H,21,23). The second-order valence-electron chi connectivity index (χ2n) is 5.37. The minimum absolute atomic E-state index is 0.102. The molecule has 128 valence electrons. The SMILES string of the molecule is CCN(CC)c1ccc(Cl)cc1NC(=O)Cc1ccccc1OC. The van der Waals surface area contributed by atoms with Crippen LogP contribution in [0, 0.1) is 0 Å². The van der Waals surface area contributed by atoms with E-state index in [-0.39, 0.29) is 12.3 Å². The number of para-hydroxylation sites is 1. The fourth-order valence-corrected chi connectivity index (χ4v) is 2.84. The summed E-state index contributed by atoms with van der Waals surface area (Å²) in [4.78, 5) is 14.7. The molecule has 24 heavy (non-hydrogen) atoms. The van der Waals surface area contributed by atoms with Crippen LogP contribution in [0.1, 0.15) is 19.4 Å². The largest absolute Gasteiger partial charge is 0.496 e. The molecule has 0 aliphatic heterocycles. The number of hydrogen-bond acceptors (Lipinski definition) is 3. The van der Waals surface area contributed by atoms with E-state index in [1.807, 2.05) is 36.4 Å². The van der Waals surface area contributed by atoms with Crippen LogP contribution in [0.5, 0.6) is 5.75 Å². The monoisotopic (exact) mass is 346 g/mol. The summed E-state index contributed by atoms with van der Waals surface area (Å²) in [5.74, 6) is 0.609. The highest BCUT2D eigenvalue weighted by Crippen LogP contribution is 2.29. The highest BCUT2D eigenvalue weighted by molar-refractivity contribution is 6.31. The Kier molecular flexibility index (Phi) is 6.50. The summed E-state index contributed by atoms with van der Waals surface area (Å²) < 4.78 is 5.30. The molecule has 0 aliphatic rings. The van der Waals surface area contributed by atoms with Gasteiger partial charge in [-0.15, -0.1) is 0 Å². The predicted octanol–water partition coefficient (Wildman–Crippen LogP) is 4.38. The molecule has 0 fully saturated rings. The smallest absolute Gasteiger partial charge is 0.228 e. The van der Waals surface area contributed by atoms with Gasteiger partial charge in [0.25, 0.3) is 0 Å². The van der Waals surface area contributed by atoms with E-state index in [2.05, 4.69) is 24.1 Å². The Hall–Kier alpha value is -2.20. The Balaban J connectivity index is 2.20. The van der Waals surface area contributed by atoms with E-state index in [1.54, 1.807) is 13.2 Å². The fraction of sp³-hybridized carbons (Fsp3) is 0.316. The lowest BCUT2D eigenvalue weighted by atomic mass is 10.1. The van der Waals surface area contributed by atoms with Crippen LogP contribution < -0.4 is 15.0 Å². The molecule has 0 aromatic heterocycles. The first kappa shape index (κ1) is 18.1. The molecule has 0 atom stereocenters. The third-order valence-corrected chi connectivity index (χ3v) is 4.12. The van der Waals surface area contributed by atoms with Crippen molar-refractivity contribution in [3.05, 3.63) is 53.1 Å². The van der Waals surface area contributed by atoms with Crippen LogP contribution in [-0.2, 0) is 11.2 Å². The average Bonchev–Trinajstić information content (AvgIpc) is 2.58. The first-order valence-corrected chi connectivity index (χ1v) is 8.43. The van der Waals surface area contributed by atoms with Gasteiger partial charge in [0, 0.05) is 23.7 Å². The molecule has 1 amide bonds. The first-order chi connectivity index (χ1) is 11.6. The van der Waals surface area contributed by atoms with Gasteiger partial charge in [0.15, 0.2) is 0 Å². The number of nitrogens with one attached hydrogen (secondary N) is 1. The summed E-state index contributed by atoms with van der Waals surface area (Å²) in [6.07, 6.45) is 0.244. The molecular formula is C19H23ClN2O2. The summed E-state index contributed by atoms with van der Waals surface area (Å²) in [6.45, 7) is 5.87. The summed E-state index contributed by atoms with van der Waals surface area (Å²) in [6, 6.07) is 13.1. The number of amides is 1. The number of nitrogens with zero attached hydrogens (tertiary/aromatic N) is 1. The van der Waals surface area contributed by atoms with Crippen molar-refractivity contribution in [1.29, 1.82) is 0 Å². The molecule has 0 saturated carbocycles. The van der Waals surface area contributed by atoms with Crippen molar-refractivity contribution in [3.8, 4) is 5.75 Å². The summed E-state index contributed by atoms with van der Waals surface area (Å²) >= 11 is 6.11. The van der Waals surface area contributed by atoms with Gasteiger partial charge in [-0.2, -0.15) is 0 Å². The molecule has 0 bridgehead atoms. The number of rotatable bonds is 7. The van der Waals surface area contributed by atoms with Crippen LogP contribution >= 0.6 is 11.6 Å². The van der Waals surface area contributed by atoms with Gasteiger partial charge in [0.2, 0.25) is 5.91 Å². The minimum Gasteiger partial charge on any atom is -0.496 e. The Bertz CT molecular complexity index is 700. The normalized spacial score (nSPS) is 10.3. The molecule has 0 unspecified atom stereocenters. The van der Waals surface area contributed by atoms with E-state index in [4.69, 9.17) is 16.3 Å². The van der Waals surface area contributed by atoms with Crippen LogP contribution in [0.25, 0.3) is 0 Å². The summed E-state index contributed by atoms with van der Waals surface area (Å²) in [7, 11) is 1.60. The van der Waals surface area contributed by atoms with Gasteiger partial charge in [0.05, 0.1) is 24.9 Å². The average molecular weight is 347 g/mol. The molecule has 2 aromatic rings. The number of hydrogen-bond donors (Lipinski definition) is 1. The lowest BCUT2D eigenvalue weighted by Crippen LogP contribution is -2.24. The van der Waals surface area contributed by atoms with Gasteiger partial charge < -0.3 is 15.0 Å². The summed E-state index contributed by atoms with van der Waals surface area (Å²) in [5.41, 5.74) is 2.55. The maximum Gasteiger partial charge on any atom is 0.228 e. The van der Waals surface area contributed by atoms with Crippen molar-refractivity contribution in [1.82, 2.24) is 0 Å². The van der Waals surface area contributed by atoms with Crippen molar-refractivity contribution in [2.75, 3.05) is 30.4 Å². The zero-order chi connectivity index (χ0) is 17.5. The molecule has 2 aromatic carbocycles. The first-order valence-electron chi connectivity index (χ1n) is 8.05. The lowest BCUT2D eigenvalue weighted by Gasteiger charge is -2.24. The van der Waals surface area contributed by atoms with E-state index in [9.17, 15) is 4.79 Å². The van der Waals surface area contributed by atoms with E-state index in [1.165, 1.54) is 0 Å². The second-order valence-corrected chi connectivity index (χ2v) is 5.81. The van der Waals surface area contributed by atoms with Crippen molar-refractivity contribution in [2.24, 2.45) is 0 Å². The Morgan fingerprint density at radius 1 is 1.17 bits per heavy atom. The van der Waals surface area contributed by atoms with Gasteiger partial charge in [-0.25, -0.2) is 0 Å². The van der Waals surface area contributed by atoms with Crippen LogP contribution in [0.3, 0.4) is 0 Å². The van der Waals surface area contributed by atoms with Gasteiger partial charge in [-0.05, 0) is 38.1 Å². The number of halogens is 1. The molecule has 4 nitrogen and oxygen atoms in total. The third kappa shape index (κ3) is 4.42. The van der Waals surface area contributed by atoms with E-state index in [0.717, 1.165) is 30.0 Å². The number of ether oxygens (including phenoxy) is 1. The zero-order valence-corrected chi connectivity index (χ0v) is 15.1. The highest BCUT2D eigenvalue weighted by Gasteiger charge is 2.13. The van der Waals surface area contributed by atoms with Crippen LogP contribution in [-0.4, -0.2) is 26.1 Å². The van der Waals surface area contributed by atoms with Crippen LogP contribution in [0.15, 0.2) is 42.5 Å². The molecular weight excluding hydrogens is 324 g/mol. The summed E-state index contributed by atoms with van der Waals surface area (Å²) in [5, 5.41) is 3.58. The van der Waals surface area contributed by atoms with E-state index < -0.39 is 0 Å². The van der Waals surface area contributed by atoms with Crippen LogP contribution in [0.2, 0.25) is 5.02 Å². The van der Waals surface area contributed by atoms with Crippen molar-refractivity contribution < 1.29 is 9.53 Å². The zero-order valence-electron chi connectivity index (χ0n) is 14.3. The maximum absolute atomic E-state index is 12.5. The van der Waals surface area contributed by atoms with Gasteiger partial charge in [-0.3, -0.25) is 4.79 Å². The number of benzene rings is 2. The third-order valence-electron chi connectivity index (χ3n) is 3.88. The molecule has 0 spiro atoms. The van der Waals surface area contributed by atoms with Crippen LogP contribution in [0.4, 0.5) is 11.4 Å². The molecule has 1 N–H and O–H groups in total. The number of carbonyl (C=O) groups is 1. The highest BCUT2D eigenvalue weighted by atomic mass is 35.5. The Labute approximate surface area is 148 Å². The lowest BCUT2D eigenvalue weighted by molar-refractivity contribution is -0.115. The Morgan fingerprint density at radius 2 is 1.88 bits per heavy atom. The molecule has 0 heterocycles.